The number of nitrogen functional groups attached to an aromatic ring is 1. The van der Waals surface area contributed by atoms with Crippen molar-refractivity contribution in [2.75, 3.05) is 11.1 Å². The highest BCUT2D eigenvalue weighted by Gasteiger charge is 2.51. The van der Waals surface area contributed by atoms with Gasteiger partial charge in [0, 0.05) is 18.9 Å². The second-order valence-electron chi connectivity index (χ2n) is 7.69. The number of aryl methyl sites for hydroxylation is 1. The van der Waals surface area contributed by atoms with Crippen LogP contribution in [0.25, 0.3) is 22.2 Å². The number of rotatable bonds is 4. The number of hydrogen-bond acceptors (Lipinski definition) is 4. The van der Waals surface area contributed by atoms with Gasteiger partial charge in [0.1, 0.15) is 5.82 Å². The lowest BCUT2D eigenvalue weighted by Crippen LogP contribution is -2.27. The minimum Gasteiger partial charge on any atom is -0.382 e. The van der Waals surface area contributed by atoms with Crippen molar-refractivity contribution >= 4 is 28.4 Å². The molecular weight excluding hydrogens is 381 g/mol. The zero-order valence-electron chi connectivity index (χ0n) is 16.4. The lowest BCUT2D eigenvalue weighted by molar-refractivity contribution is -0.118. The molecule has 1 aliphatic rings. The summed E-state index contributed by atoms with van der Waals surface area (Å²) in [5.41, 5.74) is 9.69. The number of anilines is 2. The van der Waals surface area contributed by atoms with Crippen LogP contribution >= 0.6 is 0 Å². The highest BCUT2D eigenvalue weighted by molar-refractivity contribution is 6.02. The third-order valence-electron chi connectivity index (χ3n) is 5.79. The summed E-state index contributed by atoms with van der Waals surface area (Å²) >= 11 is 0. The molecule has 6 nitrogen and oxygen atoms in total. The van der Waals surface area contributed by atoms with Crippen LogP contribution in [0.4, 0.5) is 15.9 Å². The first-order valence-corrected chi connectivity index (χ1v) is 9.73. The van der Waals surface area contributed by atoms with E-state index in [0.717, 1.165) is 40.6 Å². The maximum absolute atomic E-state index is 13.2. The van der Waals surface area contributed by atoms with Crippen LogP contribution in [0.5, 0.6) is 0 Å². The van der Waals surface area contributed by atoms with E-state index in [1.165, 1.54) is 12.1 Å². The third kappa shape index (κ3) is 2.90. The average molecular weight is 401 g/mol. The first-order chi connectivity index (χ1) is 14.5. The van der Waals surface area contributed by atoms with Crippen LogP contribution < -0.4 is 11.1 Å². The fraction of sp³-hybridized carbons (Fsp3) is 0.174. The summed E-state index contributed by atoms with van der Waals surface area (Å²) in [5, 5.41) is 8.07. The van der Waals surface area contributed by atoms with E-state index in [0.29, 0.717) is 11.5 Å². The summed E-state index contributed by atoms with van der Waals surface area (Å²) in [6, 6.07) is 15.7. The number of aromatic nitrogens is 3. The van der Waals surface area contributed by atoms with Crippen LogP contribution in [-0.2, 0) is 17.3 Å². The van der Waals surface area contributed by atoms with Crippen molar-refractivity contribution < 1.29 is 9.18 Å². The molecule has 1 amide bonds. The lowest BCUT2D eigenvalue weighted by Gasteiger charge is -2.16. The molecule has 4 aromatic rings. The topological polar surface area (TPSA) is 85.8 Å². The molecule has 0 saturated heterocycles. The van der Waals surface area contributed by atoms with Crippen molar-refractivity contribution in [3.05, 3.63) is 72.2 Å². The maximum Gasteiger partial charge on any atom is 0.235 e. The third-order valence-corrected chi connectivity index (χ3v) is 5.79. The van der Waals surface area contributed by atoms with Gasteiger partial charge in [0.2, 0.25) is 5.91 Å². The maximum atomic E-state index is 13.2. The van der Waals surface area contributed by atoms with Crippen LogP contribution in [0, 0.1) is 5.82 Å². The summed E-state index contributed by atoms with van der Waals surface area (Å²) in [5.74, 6) is 0.0673. The van der Waals surface area contributed by atoms with E-state index in [1.807, 2.05) is 37.4 Å². The average Bonchev–Trinajstić information content (AvgIpc) is 3.51. The Morgan fingerprint density at radius 3 is 2.47 bits per heavy atom. The smallest absolute Gasteiger partial charge is 0.235 e. The quantitative estimate of drug-likeness (QED) is 0.541. The first-order valence-electron chi connectivity index (χ1n) is 9.73. The summed E-state index contributed by atoms with van der Waals surface area (Å²) < 4.78 is 14.9. The van der Waals surface area contributed by atoms with Crippen LogP contribution in [0.1, 0.15) is 18.4 Å². The van der Waals surface area contributed by atoms with Gasteiger partial charge < -0.3 is 11.1 Å². The largest absolute Gasteiger partial charge is 0.382 e. The second kappa shape index (κ2) is 6.66. The zero-order chi connectivity index (χ0) is 20.9. The molecule has 7 heteroatoms. The van der Waals surface area contributed by atoms with Crippen LogP contribution in [0.15, 0.2) is 60.8 Å². The fourth-order valence-electron chi connectivity index (χ4n) is 3.97. The van der Waals surface area contributed by atoms with Crippen molar-refractivity contribution in [2.24, 2.45) is 7.05 Å². The number of carbonyl (C=O) groups is 1. The van der Waals surface area contributed by atoms with E-state index in [4.69, 9.17) is 5.73 Å². The van der Waals surface area contributed by atoms with Crippen LogP contribution in [0.3, 0.4) is 0 Å². The Balaban J connectivity index is 1.40. The highest BCUT2D eigenvalue weighted by atomic mass is 19.1. The summed E-state index contributed by atoms with van der Waals surface area (Å²) in [7, 11) is 1.81. The molecular formula is C23H20FN5O. The number of fused-ring (bicyclic) bond motifs is 1. The van der Waals surface area contributed by atoms with Gasteiger partial charge in [-0.05, 0) is 59.9 Å². The first kappa shape index (κ1) is 18.3. The molecule has 0 aliphatic heterocycles. The Kier molecular flexibility index (Phi) is 4.06. The van der Waals surface area contributed by atoms with Gasteiger partial charge >= 0.3 is 0 Å². The molecule has 150 valence electrons. The molecule has 5 rings (SSSR count). The molecule has 30 heavy (non-hydrogen) atoms. The number of benzene rings is 2. The zero-order valence-corrected chi connectivity index (χ0v) is 16.4. The van der Waals surface area contributed by atoms with E-state index in [2.05, 4.69) is 15.4 Å². The lowest BCUT2D eigenvalue weighted by atomic mass is 9.95. The van der Waals surface area contributed by atoms with Gasteiger partial charge in [-0.25, -0.2) is 14.1 Å². The minimum atomic E-state index is -0.562. The summed E-state index contributed by atoms with van der Waals surface area (Å²) in [6.45, 7) is 0. The van der Waals surface area contributed by atoms with E-state index in [-0.39, 0.29) is 11.7 Å². The van der Waals surface area contributed by atoms with E-state index >= 15 is 0 Å². The molecule has 1 fully saturated rings. The number of halogens is 1. The van der Waals surface area contributed by atoms with Crippen molar-refractivity contribution in [3.63, 3.8) is 0 Å². The Bertz CT molecular complexity index is 1260. The fourth-order valence-corrected chi connectivity index (χ4v) is 3.97. The van der Waals surface area contributed by atoms with Crippen molar-refractivity contribution in [1.82, 2.24) is 14.8 Å². The Morgan fingerprint density at radius 2 is 1.80 bits per heavy atom. The molecule has 0 atom stereocenters. The number of nitrogens with two attached hydrogens (primary N) is 1. The van der Waals surface area contributed by atoms with Gasteiger partial charge in [0.05, 0.1) is 10.8 Å². The molecule has 3 N–H and O–H groups in total. The highest BCUT2D eigenvalue weighted by Crippen LogP contribution is 2.49. The van der Waals surface area contributed by atoms with Gasteiger partial charge in [-0.2, -0.15) is 5.10 Å². The predicted molar refractivity (Wildman–Crippen MR) is 114 cm³/mol. The number of carbonyl (C=O) groups excluding carboxylic acids is 1. The monoisotopic (exact) mass is 401 g/mol. The standard InChI is InChI=1S/C23H20FN5O/c1-29-21-19(20(25)28-29)18(10-13-26-21)14-2-8-17(9-3-14)27-22(30)23(11-12-23)15-4-6-16(24)7-5-15/h2-10,13H,11-12H2,1H3,(H2,25,28)(H,27,30). The van der Waals surface area contributed by atoms with Gasteiger partial charge in [0.15, 0.2) is 11.5 Å². The van der Waals surface area contributed by atoms with Crippen LogP contribution in [-0.4, -0.2) is 20.7 Å². The van der Waals surface area contributed by atoms with Gasteiger partial charge in [-0.3, -0.25) is 4.79 Å². The molecule has 2 heterocycles. The molecule has 2 aromatic heterocycles. The Morgan fingerprint density at radius 1 is 1.10 bits per heavy atom. The number of amides is 1. The number of pyridine rings is 1. The molecule has 2 aromatic carbocycles. The molecule has 0 radical (unpaired) electrons. The van der Waals surface area contributed by atoms with Gasteiger partial charge in [0.25, 0.3) is 0 Å². The van der Waals surface area contributed by atoms with Crippen molar-refractivity contribution in [1.29, 1.82) is 0 Å². The predicted octanol–water partition coefficient (Wildman–Crippen LogP) is 4.03. The molecule has 0 bridgehead atoms. The Labute approximate surface area is 172 Å². The van der Waals surface area contributed by atoms with Crippen LogP contribution in [0.2, 0.25) is 0 Å². The molecule has 0 spiro atoms. The van der Waals surface area contributed by atoms with Crippen molar-refractivity contribution in [2.45, 2.75) is 18.3 Å². The molecule has 0 unspecified atom stereocenters. The minimum absolute atomic E-state index is 0.0651. The normalized spacial score (nSPS) is 14.6. The number of nitrogens with one attached hydrogen (secondary N) is 1. The molecule has 1 aliphatic carbocycles. The van der Waals surface area contributed by atoms with Gasteiger partial charge in [-0.1, -0.05) is 24.3 Å². The van der Waals surface area contributed by atoms with E-state index in [9.17, 15) is 9.18 Å². The van der Waals surface area contributed by atoms with Crippen molar-refractivity contribution in [3.8, 4) is 11.1 Å². The summed E-state index contributed by atoms with van der Waals surface area (Å²) in [6.07, 6.45) is 3.25. The second-order valence-corrected chi connectivity index (χ2v) is 7.69. The van der Waals surface area contributed by atoms with E-state index < -0.39 is 5.41 Å². The number of hydrogen-bond donors (Lipinski definition) is 2. The molecule has 1 saturated carbocycles. The SMILES string of the molecule is Cn1nc(N)c2c(-c3ccc(NC(=O)C4(c5ccc(F)cc5)CC4)cc3)ccnc21. The van der Waals surface area contributed by atoms with E-state index in [1.54, 1.807) is 23.0 Å². The summed E-state index contributed by atoms with van der Waals surface area (Å²) in [4.78, 5) is 17.3. The Hall–Kier alpha value is -3.74. The number of nitrogens with zero attached hydrogens (tertiary/aromatic N) is 3. The van der Waals surface area contributed by atoms with Gasteiger partial charge in [-0.15, -0.1) is 0 Å².